The first kappa shape index (κ1) is 26.2. The molecule has 4 rings (SSSR count). The summed E-state index contributed by atoms with van der Waals surface area (Å²) < 4.78 is 0.834. The minimum Gasteiger partial charge on any atom is -0.370 e. The van der Waals surface area contributed by atoms with E-state index < -0.39 is 0 Å². The molecule has 1 amide bonds. The molecule has 0 bridgehead atoms. The van der Waals surface area contributed by atoms with Crippen LogP contribution >= 0.6 is 57.6 Å². The zero-order valence-corrected chi connectivity index (χ0v) is 22.9. The molecule has 1 aliphatic heterocycles. The molecular weight excluding hydrogens is 545 g/mol. The number of aliphatic imine (C=N–C) groups is 1. The van der Waals surface area contributed by atoms with E-state index in [2.05, 4.69) is 25.2 Å². The van der Waals surface area contributed by atoms with Gasteiger partial charge < -0.3 is 16.8 Å². The van der Waals surface area contributed by atoms with Gasteiger partial charge in [0.05, 0.1) is 32.1 Å². The molecule has 0 spiro atoms. The normalized spacial score (nSPS) is 14.7. The lowest BCUT2D eigenvalue weighted by atomic mass is 10.0. The smallest absolute Gasteiger partial charge is 0.230 e. The number of aryl methyl sites for hydroxylation is 1. The average molecular weight is 571 g/mol. The Labute approximate surface area is 226 Å². The fraction of sp³-hybridized carbons (Fsp3) is 0.364. The van der Waals surface area contributed by atoms with Crippen LogP contribution in [0.5, 0.6) is 0 Å². The Morgan fingerprint density at radius 2 is 2.03 bits per heavy atom. The minimum absolute atomic E-state index is 0.0219. The van der Waals surface area contributed by atoms with Crippen LogP contribution in [0.3, 0.4) is 0 Å². The van der Waals surface area contributed by atoms with Crippen LogP contribution in [-0.4, -0.2) is 51.6 Å². The number of aromatic nitrogens is 2. The van der Waals surface area contributed by atoms with Gasteiger partial charge in [0.25, 0.3) is 0 Å². The van der Waals surface area contributed by atoms with Crippen molar-refractivity contribution in [2.45, 2.75) is 36.7 Å². The largest absolute Gasteiger partial charge is 0.370 e. The number of nitrogens with two attached hydrogens (primary N) is 2. The highest BCUT2D eigenvalue weighted by atomic mass is 35.5. The monoisotopic (exact) mass is 569 g/mol. The number of benzene rings is 1. The number of carbonyl (C=O) groups is 1. The van der Waals surface area contributed by atoms with Crippen LogP contribution in [0.1, 0.15) is 24.1 Å². The second-order valence-electron chi connectivity index (χ2n) is 8.10. The number of guanidine groups is 1. The van der Waals surface area contributed by atoms with Crippen LogP contribution in [0, 0.1) is 6.92 Å². The summed E-state index contributed by atoms with van der Waals surface area (Å²) in [4.78, 5) is 28.9. The number of thiazole rings is 2. The first-order valence-corrected chi connectivity index (χ1v) is 14.3. The lowest BCUT2D eigenvalue weighted by molar-refractivity contribution is -0.119. The number of carbonyl (C=O) groups excluding carboxylic acids is 1. The topological polar surface area (TPSA) is 123 Å². The first-order chi connectivity index (χ1) is 16.8. The van der Waals surface area contributed by atoms with Crippen LogP contribution in [0.15, 0.2) is 32.9 Å². The SMILES string of the molecule is Cc1nc(SCC(=O)NC2CCN(Cc3ccc(Cl)c(Cl)c3)CC2)sc1-c1csc(N=C(N)N)n1. The fourth-order valence-electron chi connectivity index (χ4n) is 3.73. The summed E-state index contributed by atoms with van der Waals surface area (Å²) in [5.74, 6) is 0.328. The molecule has 35 heavy (non-hydrogen) atoms. The third kappa shape index (κ3) is 7.31. The lowest BCUT2D eigenvalue weighted by Crippen LogP contribution is -2.44. The second-order valence-corrected chi connectivity index (χ2v) is 12.0. The predicted molar refractivity (Wildman–Crippen MR) is 147 cm³/mol. The van der Waals surface area contributed by atoms with Gasteiger partial charge in [0.2, 0.25) is 11.0 Å². The molecule has 0 aliphatic carbocycles. The summed E-state index contributed by atoms with van der Waals surface area (Å²) >= 11 is 16.4. The van der Waals surface area contributed by atoms with Crippen LogP contribution in [-0.2, 0) is 11.3 Å². The first-order valence-electron chi connectivity index (χ1n) is 10.9. The number of nitrogens with one attached hydrogen (secondary N) is 1. The van der Waals surface area contributed by atoms with Crippen LogP contribution in [0.2, 0.25) is 10.0 Å². The predicted octanol–water partition coefficient (Wildman–Crippen LogP) is 4.66. The molecule has 0 saturated carbocycles. The molecule has 1 aromatic carbocycles. The maximum absolute atomic E-state index is 12.5. The summed E-state index contributed by atoms with van der Waals surface area (Å²) in [6.07, 6.45) is 1.83. The number of nitrogens with zero attached hydrogens (tertiary/aromatic N) is 4. The number of rotatable bonds is 8. The van der Waals surface area contributed by atoms with E-state index in [9.17, 15) is 4.79 Å². The molecule has 0 atom stereocenters. The van der Waals surface area contributed by atoms with Gasteiger partial charge in [0.1, 0.15) is 0 Å². The fourth-order valence-corrected chi connectivity index (χ4v) is 6.78. The van der Waals surface area contributed by atoms with Gasteiger partial charge in [-0.15, -0.1) is 22.7 Å². The molecule has 186 valence electrons. The molecule has 1 saturated heterocycles. The Kier molecular flexibility index (Phi) is 8.90. The standard InChI is InChI=1S/C22H25Cl2N7OS3/c1-12-19(17-10-33-21(29-17)30-20(25)26)35-22(27-12)34-11-18(32)28-14-4-6-31(7-5-14)9-13-2-3-15(23)16(24)8-13/h2-3,8,10,14H,4-7,9,11H2,1H3,(H,28,32)(H4,25,26,29,30). The van der Waals surface area contributed by atoms with Crippen molar-refractivity contribution in [1.29, 1.82) is 0 Å². The molecule has 1 aliphatic rings. The van der Waals surface area contributed by atoms with Crippen LogP contribution in [0.25, 0.3) is 10.6 Å². The summed E-state index contributed by atoms with van der Waals surface area (Å²) in [6.45, 7) is 4.60. The average Bonchev–Trinajstić information content (AvgIpc) is 3.41. The second kappa shape index (κ2) is 11.9. The molecule has 3 heterocycles. The quantitative estimate of drug-likeness (QED) is 0.205. The molecule has 13 heteroatoms. The van der Waals surface area contributed by atoms with Gasteiger partial charge >= 0.3 is 0 Å². The molecule has 1 fully saturated rings. The summed E-state index contributed by atoms with van der Waals surface area (Å²) in [6, 6.07) is 5.93. The maximum Gasteiger partial charge on any atom is 0.230 e. The third-order valence-electron chi connectivity index (χ3n) is 5.40. The van der Waals surface area contributed by atoms with Gasteiger partial charge in [-0.25, -0.2) is 9.97 Å². The summed E-state index contributed by atoms with van der Waals surface area (Å²) in [7, 11) is 0. The van der Waals surface area contributed by atoms with Crippen molar-refractivity contribution < 1.29 is 4.79 Å². The maximum atomic E-state index is 12.5. The number of piperidine rings is 1. The Balaban J connectivity index is 1.23. The number of halogens is 2. The van der Waals surface area contributed by atoms with E-state index in [0.29, 0.717) is 20.9 Å². The number of thioether (sulfide) groups is 1. The van der Waals surface area contributed by atoms with Crippen molar-refractivity contribution in [2.24, 2.45) is 16.5 Å². The number of hydrogen-bond acceptors (Lipinski definition) is 8. The zero-order valence-electron chi connectivity index (χ0n) is 19.0. The zero-order chi connectivity index (χ0) is 24.9. The van der Waals surface area contributed by atoms with E-state index >= 15 is 0 Å². The summed E-state index contributed by atoms with van der Waals surface area (Å²) in [5.41, 5.74) is 13.6. The molecule has 3 aromatic rings. The number of amides is 1. The summed E-state index contributed by atoms with van der Waals surface area (Å²) in [5, 5.41) is 6.72. The molecule has 0 radical (unpaired) electrons. The van der Waals surface area contributed by atoms with Gasteiger partial charge in [0.15, 0.2) is 10.3 Å². The Hall–Kier alpha value is -1.89. The van der Waals surface area contributed by atoms with Gasteiger partial charge in [-0.2, -0.15) is 4.99 Å². The van der Waals surface area contributed by atoms with Gasteiger partial charge in [-0.05, 0) is 37.5 Å². The van der Waals surface area contributed by atoms with E-state index in [1.807, 2.05) is 30.5 Å². The van der Waals surface area contributed by atoms with Crippen molar-refractivity contribution in [3.8, 4) is 10.6 Å². The Bertz CT molecular complexity index is 1220. The van der Waals surface area contributed by atoms with Crippen molar-refractivity contribution >= 4 is 74.6 Å². The third-order valence-corrected chi connectivity index (χ3v) is 9.19. The van der Waals surface area contributed by atoms with Crippen molar-refractivity contribution in [2.75, 3.05) is 18.8 Å². The highest BCUT2D eigenvalue weighted by Crippen LogP contribution is 2.36. The van der Waals surface area contributed by atoms with Crippen LogP contribution < -0.4 is 16.8 Å². The Morgan fingerprint density at radius 3 is 2.74 bits per heavy atom. The molecule has 5 N–H and O–H groups in total. The van der Waals surface area contributed by atoms with Crippen molar-refractivity contribution in [3.05, 3.63) is 44.9 Å². The number of hydrogen-bond donors (Lipinski definition) is 3. The minimum atomic E-state index is -0.0219. The van der Waals surface area contributed by atoms with Gasteiger partial charge in [-0.1, -0.05) is 41.0 Å². The van der Waals surface area contributed by atoms with E-state index in [-0.39, 0.29) is 17.9 Å². The van der Waals surface area contributed by atoms with E-state index in [1.165, 1.54) is 34.4 Å². The van der Waals surface area contributed by atoms with Crippen molar-refractivity contribution in [1.82, 2.24) is 20.2 Å². The van der Waals surface area contributed by atoms with Gasteiger partial charge in [0, 0.05) is 31.1 Å². The van der Waals surface area contributed by atoms with Crippen molar-refractivity contribution in [3.63, 3.8) is 0 Å². The van der Waals surface area contributed by atoms with Gasteiger partial charge in [-0.3, -0.25) is 9.69 Å². The number of likely N-dealkylation sites (tertiary alicyclic amines) is 1. The van der Waals surface area contributed by atoms with E-state index in [4.69, 9.17) is 34.7 Å². The highest BCUT2D eigenvalue weighted by Gasteiger charge is 2.21. The molecular formula is C22H25Cl2N7OS3. The van der Waals surface area contributed by atoms with E-state index in [0.717, 1.165) is 58.6 Å². The molecule has 2 aromatic heterocycles. The lowest BCUT2D eigenvalue weighted by Gasteiger charge is -2.32. The molecule has 0 unspecified atom stereocenters. The van der Waals surface area contributed by atoms with E-state index in [1.54, 1.807) is 0 Å². The highest BCUT2D eigenvalue weighted by molar-refractivity contribution is 8.01. The Morgan fingerprint density at radius 1 is 1.26 bits per heavy atom. The molecule has 8 nitrogen and oxygen atoms in total. The van der Waals surface area contributed by atoms with Crippen LogP contribution in [0.4, 0.5) is 5.13 Å².